The van der Waals surface area contributed by atoms with E-state index in [0.29, 0.717) is 40.1 Å². The smallest absolute Gasteiger partial charge is 0.257 e. The first-order valence-corrected chi connectivity index (χ1v) is 8.82. The summed E-state index contributed by atoms with van der Waals surface area (Å²) in [6, 6.07) is 10.1. The molecule has 10 heteroatoms. The number of methoxy groups -OCH3 is 2. The molecule has 0 radical (unpaired) electrons. The first-order chi connectivity index (χ1) is 14.1. The van der Waals surface area contributed by atoms with E-state index in [9.17, 15) is 4.79 Å². The SMILES string of the molecule is COc1ccc(C2C(C(=O)Nc3ccccn3)=C(C)Nc3nnnn32)c(OC)c1. The van der Waals surface area contributed by atoms with Gasteiger partial charge in [0.1, 0.15) is 23.4 Å². The number of benzene rings is 1. The number of hydrogen-bond donors (Lipinski definition) is 2. The van der Waals surface area contributed by atoms with Gasteiger partial charge in [-0.25, -0.2) is 4.98 Å². The molecule has 0 spiro atoms. The summed E-state index contributed by atoms with van der Waals surface area (Å²) in [5.74, 6) is 1.74. The molecule has 4 rings (SSSR count). The molecule has 29 heavy (non-hydrogen) atoms. The van der Waals surface area contributed by atoms with Crippen molar-refractivity contribution >= 4 is 17.7 Å². The molecular weight excluding hydrogens is 374 g/mol. The summed E-state index contributed by atoms with van der Waals surface area (Å²) in [6.07, 6.45) is 1.61. The number of tetrazole rings is 1. The molecule has 3 heterocycles. The van der Waals surface area contributed by atoms with Crippen LogP contribution in [0.1, 0.15) is 18.5 Å². The zero-order chi connectivity index (χ0) is 20.4. The number of nitrogens with zero attached hydrogens (tertiary/aromatic N) is 5. The van der Waals surface area contributed by atoms with Gasteiger partial charge in [-0.2, -0.15) is 4.68 Å². The molecule has 1 aromatic carbocycles. The molecule has 148 valence electrons. The van der Waals surface area contributed by atoms with Crippen LogP contribution in [-0.4, -0.2) is 45.3 Å². The van der Waals surface area contributed by atoms with Crippen molar-refractivity contribution in [3.8, 4) is 11.5 Å². The Hall–Kier alpha value is -3.95. The average molecular weight is 393 g/mol. The summed E-state index contributed by atoms with van der Waals surface area (Å²) in [6.45, 7) is 1.80. The highest BCUT2D eigenvalue weighted by Gasteiger charge is 2.36. The molecular formula is C19H19N7O3. The molecule has 0 saturated heterocycles. The van der Waals surface area contributed by atoms with Crippen LogP contribution >= 0.6 is 0 Å². The van der Waals surface area contributed by atoms with Crippen LogP contribution in [0.5, 0.6) is 11.5 Å². The predicted molar refractivity (Wildman–Crippen MR) is 105 cm³/mol. The van der Waals surface area contributed by atoms with Crippen molar-refractivity contribution in [1.29, 1.82) is 0 Å². The van der Waals surface area contributed by atoms with Gasteiger partial charge < -0.3 is 20.1 Å². The van der Waals surface area contributed by atoms with Crippen molar-refractivity contribution in [2.75, 3.05) is 24.9 Å². The number of allylic oxidation sites excluding steroid dienone is 1. The van der Waals surface area contributed by atoms with Gasteiger partial charge in [0.15, 0.2) is 0 Å². The van der Waals surface area contributed by atoms with E-state index in [0.717, 1.165) is 0 Å². The second-order valence-electron chi connectivity index (χ2n) is 6.29. The molecule has 2 aromatic heterocycles. The maximum absolute atomic E-state index is 13.2. The maximum Gasteiger partial charge on any atom is 0.257 e. The summed E-state index contributed by atoms with van der Waals surface area (Å²) < 4.78 is 12.4. The molecule has 1 unspecified atom stereocenters. The number of rotatable bonds is 5. The van der Waals surface area contributed by atoms with Crippen molar-refractivity contribution in [3.63, 3.8) is 0 Å². The highest BCUT2D eigenvalue weighted by atomic mass is 16.5. The van der Waals surface area contributed by atoms with E-state index in [-0.39, 0.29) is 5.91 Å². The molecule has 0 bridgehead atoms. The van der Waals surface area contributed by atoms with Crippen molar-refractivity contribution in [1.82, 2.24) is 25.2 Å². The van der Waals surface area contributed by atoms with E-state index in [4.69, 9.17) is 9.47 Å². The minimum Gasteiger partial charge on any atom is -0.497 e. The standard InChI is InChI=1S/C19H19N7O3/c1-11-16(18(27)22-15-6-4-5-9-20-15)17(26-19(21-11)23-24-25-26)13-8-7-12(28-2)10-14(13)29-3/h4-10,17H,1-3H3,(H,20,22,27)(H,21,23,25). The van der Waals surface area contributed by atoms with Crippen LogP contribution in [-0.2, 0) is 4.79 Å². The van der Waals surface area contributed by atoms with Crippen molar-refractivity contribution in [2.45, 2.75) is 13.0 Å². The Morgan fingerprint density at radius 2 is 2.07 bits per heavy atom. The van der Waals surface area contributed by atoms with E-state index in [1.54, 1.807) is 62.4 Å². The third-order valence-corrected chi connectivity index (χ3v) is 4.60. The maximum atomic E-state index is 13.2. The molecule has 0 saturated carbocycles. The Morgan fingerprint density at radius 3 is 2.79 bits per heavy atom. The quantitative estimate of drug-likeness (QED) is 0.676. The Kier molecular flexibility index (Phi) is 4.82. The highest BCUT2D eigenvalue weighted by Crippen LogP contribution is 2.40. The Bertz CT molecular complexity index is 1080. The third-order valence-electron chi connectivity index (χ3n) is 4.60. The largest absolute Gasteiger partial charge is 0.497 e. The second-order valence-corrected chi connectivity index (χ2v) is 6.29. The number of ether oxygens (including phenoxy) is 2. The van der Waals surface area contributed by atoms with E-state index in [1.807, 2.05) is 6.07 Å². The van der Waals surface area contributed by atoms with Crippen molar-refractivity contribution in [3.05, 3.63) is 59.4 Å². The zero-order valence-electron chi connectivity index (χ0n) is 16.1. The number of hydrogen-bond acceptors (Lipinski definition) is 8. The summed E-state index contributed by atoms with van der Waals surface area (Å²) in [5.41, 5.74) is 1.79. The lowest BCUT2D eigenvalue weighted by atomic mass is 9.94. The van der Waals surface area contributed by atoms with Gasteiger partial charge in [-0.3, -0.25) is 4.79 Å². The lowest BCUT2D eigenvalue weighted by Crippen LogP contribution is -2.32. The first-order valence-electron chi connectivity index (χ1n) is 8.82. The molecule has 0 fully saturated rings. The van der Waals surface area contributed by atoms with Crippen LogP contribution in [0.15, 0.2) is 53.9 Å². The van der Waals surface area contributed by atoms with Crippen LogP contribution in [0, 0.1) is 0 Å². The molecule has 2 N–H and O–H groups in total. The van der Waals surface area contributed by atoms with E-state index < -0.39 is 6.04 Å². The van der Waals surface area contributed by atoms with Gasteiger partial charge in [-0.1, -0.05) is 11.2 Å². The fourth-order valence-corrected chi connectivity index (χ4v) is 3.26. The van der Waals surface area contributed by atoms with Gasteiger partial charge in [0, 0.05) is 23.5 Å². The Balaban J connectivity index is 1.82. The number of anilines is 2. The minimum atomic E-state index is -0.606. The predicted octanol–water partition coefficient (Wildman–Crippen LogP) is 2.01. The summed E-state index contributed by atoms with van der Waals surface area (Å²) in [7, 11) is 3.14. The average Bonchev–Trinajstić information content (AvgIpc) is 3.21. The third kappa shape index (κ3) is 3.35. The first kappa shape index (κ1) is 18.4. The van der Waals surface area contributed by atoms with Crippen LogP contribution in [0.4, 0.5) is 11.8 Å². The molecule has 10 nitrogen and oxygen atoms in total. The number of aromatic nitrogens is 5. The second kappa shape index (κ2) is 7.58. The monoisotopic (exact) mass is 393 g/mol. The van der Waals surface area contributed by atoms with Gasteiger partial charge in [-0.05, 0) is 41.6 Å². The highest BCUT2D eigenvalue weighted by molar-refractivity contribution is 6.05. The fraction of sp³-hybridized carbons (Fsp3) is 0.211. The number of fused-ring (bicyclic) bond motifs is 1. The Morgan fingerprint density at radius 1 is 1.21 bits per heavy atom. The van der Waals surface area contributed by atoms with Crippen LogP contribution in [0.3, 0.4) is 0 Å². The number of amides is 1. The van der Waals surface area contributed by atoms with Crippen molar-refractivity contribution in [2.24, 2.45) is 0 Å². The van der Waals surface area contributed by atoms with Crippen LogP contribution in [0.25, 0.3) is 0 Å². The van der Waals surface area contributed by atoms with Crippen molar-refractivity contribution < 1.29 is 14.3 Å². The molecule has 1 aliphatic heterocycles. The number of carbonyl (C=O) groups is 1. The van der Waals surface area contributed by atoms with E-state index in [2.05, 4.69) is 31.1 Å². The fourth-order valence-electron chi connectivity index (χ4n) is 3.26. The van der Waals surface area contributed by atoms with Gasteiger partial charge >= 0.3 is 0 Å². The molecule has 1 amide bonds. The number of nitrogens with one attached hydrogen (secondary N) is 2. The normalized spacial score (nSPS) is 15.3. The Labute approximate surface area is 166 Å². The zero-order valence-corrected chi connectivity index (χ0v) is 16.1. The molecule has 3 aromatic rings. The molecule has 1 atom stereocenters. The summed E-state index contributed by atoms with van der Waals surface area (Å²) >= 11 is 0. The number of carbonyl (C=O) groups excluding carboxylic acids is 1. The van der Waals surface area contributed by atoms with Gasteiger partial charge in [-0.15, -0.1) is 0 Å². The topological polar surface area (TPSA) is 116 Å². The summed E-state index contributed by atoms with van der Waals surface area (Å²) in [5, 5.41) is 17.7. The van der Waals surface area contributed by atoms with Crippen LogP contribution < -0.4 is 20.1 Å². The van der Waals surface area contributed by atoms with Crippen LogP contribution in [0.2, 0.25) is 0 Å². The number of pyridine rings is 1. The van der Waals surface area contributed by atoms with Gasteiger partial charge in [0.25, 0.3) is 5.91 Å². The summed E-state index contributed by atoms with van der Waals surface area (Å²) in [4.78, 5) is 17.4. The minimum absolute atomic E-state index is 0.322. The lowest BCUT2D eigenvalue weighted by Gasteiger charge is -2.28. The van der Waals surface area contributed by atoms with E-state index in [1.165, 1.54) is 0 Å². The lowest BCUT2D eigenvalue weighted by molar-refractivity contribution is -0.113. The van der Waals surface area contributed by atoms with Gasteiger partial charge in [0.05, 0.1) is 19.8 Å². The van der Waals surface area contributed by atoms with E-state index >= 15 is 0 Å². The molecule has 0 aliphatic carbocycles. The van der Waals surface area contributed by atoms with Gasteiger partial charge in [0.2, 0.25) is 5.95 Å². The molecule has 1 aliphatic rings.